The molecule has 2 aromatic carbocycles. The van der Waals surface area contributed by atoms with E-state index in [2.05, 4.69) is 5.32 Å². The van der Waals surface area contributed by atoms with Gasteiger partial charge in [-0.05, 0) is 30.3 Å². The Morgan fingerprint density at radius 3 is 2.59 bits per heavy atom. The molecule has 1 saturated heterocycles. The van der Waals surface area contributed by atoms with Gasteiger partial charge in [-0.3, -0.25) is 4.79 Å². The number of halogens is 2. The first-order valence-corrected chi connectivity index (χ1v) is 8.78. The number of fused-ring (bicyclic) bond motifs is 1. The number of likely N-dealkylation sites (tertiary alicyclic amines) is 1. The molecule has 0 saturated carbocycles. The summed E-state index contributed by atoms with van der Waals surface area (Å²) in [6, 6.07) is 9.52. The van der Waals surface area contributed by atoms with E-state index in [0.717, 1.165) is 0 Å². The summed E-state index contributed by atoms with van der Waals surface area (Å²) in [5.41, 5.74) is -0.292. The van der Waals surface area contributed by atoms with Crippen LogP contribution in [0.5, 0.6) is 5.75 Å². The number of benzene rings is 2. The minimum absolute atomic E-state index is 0.128. The van der Waals surface area contributed by atoms with Crippen molar-refractivity contribution in [3.8, 4) is 5.75 Å². The Hall–Kier alpha value is -2.96. The zero-order valence-electron chi connectivity index (χ0n) is 14.5. The second-order valence-corrected chi connectivity index (χ2v) is 6.92. The third-order valence-corrected chi connectivity index (χ3v) is 5.13. The molecule has 7 heteroatoms. The van der Waals surface area contributed by atoms with Gasteiger partial charge in [0.15, 0.2) is 5.78 Å². The molecule has 27 heavy (non-hydrogen) atoms. The van der Waals surface area contributed by atoms with E-state index in [1.807, 2.05) is 0 Å². The highest BCUT2D eigenvalue weighted by Crippen LogP contribution is 2.39. The molecule has 1 spiro atoms. The van der Waals surface area contributed by atoms with Crippen LogP contribution in [0, 0.1) is 11.6 Å². The molecular weight excluding hydrogens is 354 g/mol. The predicted molar refractivity (Wildman–Crippen MR) is 94.9 cm³/mol. The maximum atomic E-state index is 13.7. The normalized spacial score (nSPS) is 18.0. The Morgan fingerprint density at radius 1 is 1.11 bits per heavy atom. The van der Waals surface area contributed by atoms with E-state index in [-0.39, 0.29) is 29.5 Å². The van der Waals surface area contributed by atoms with Gasteiger partial charge in [-0.15, -0.1) is 0 Å². The van der Waals surface area contributed by atoms with Crippen molar-refractivity contribution in [1.29, 1.82) is 0 Å². The minimum Gasteiger partial charge on any atom is -0.486 e. The highest BCUT2D eigenvalue weighted by atomic mass is 19.1. The van der Waals surface area contributed by atoms with Gasteiger partial charge in [-0.25, -0.2) is 13.6 Å². The Morgan fingerprint density at radius 2 is 1.85 bits per heavy atom. The summed E-state index contributed by atoms with van der Waals surface area (Å²) in [7, 11) is 0. The van der Waals surface area contributed by atoms with Gasteiger partial charge in [0.25, 0.3) is 0 Å². The lowest BCUT2D eigenvalue weighted by atomic mass is 9.82. The second-order valence-electron chi connectivity index (χ2n) is 6.92. The van der Waals surface area contributed by atoms with Crippen LogP contribution in [0.3, 0.4) is 0 Å². The highest BCUT2D eigenvalue weighted by molar-refractivity contribution is 6.00. The SMILES string of the molecule is O=C1CC2(CCN(C(=O)Nc3ccccc3F)CC2)Oc2ccc(F)cc21. The van der Waals surface area contributed by atoms with E-state index < -0.39 is 17.2 Å². The summed E-state index contributed by atoms with van der Waals surface area (Å²) in [6.07, 6.45) is 1.10. The van der Waals surface area contributed by atoms with Gasteiger partial charge >= 0.3 is 6.03 Å². The standard InChI is InChI=1S/C20H18F2N2O3/c21-13-5-6-18-14(11-13)17(25)12-20(27-18)7-9-24(10-8-20)19(26)23-16-4-2-1-3-15(16)22/h1-6,11H,7-10,12H2,(H,23,26). The molecule has 140 valence electrons. The lowest BCUT2D eigenvalue weighted by Gasteiger charge is -2.43. The molecule has 0 aromatic heterocycles. The van der Waals surface area contributed by atoms with Crippen molar-refractivity contribution in [3.63, 3.8) is 0 Å². The maximum absolute atomic E-state index is 13.7. The van der Waals surface area contributed by atoms with Crippen molar-refractivity contribution < 1.29 is 23.1 Å². The number of Topliss-reactive ketones (excluding diaryl/α,β-unsaturated/α-hetero) is 1. The van der Waals surface area contributed by atoms with E-state index in [0.29, 0.717) is 31.7 Å². The number of urea groups is 1. The van der Waals surface area contributed by atoms with Crippen molar-refractivity contribution in [1.82, 2.24) is 4.90 Å². The zero-order valence-corrected chi connectivity index (χ0v) is 14.5. The Balaban J connectivity index is 1.43. The fourth-order valence-electron chi connectivity index (χ4n) is 3.62. The number of carbonyl (C=O) groups is 2. The molecule has 1 fully saturated rings. The van der Waals surface area contributed by atoms with Gasteiger partial charge in [0.05, 0.1) is 17.7 Å². The van der Waals surface area contributed by atoms with Crippen LogP contribution < -0.4 is 10.1 Å². The second kappa shape index (κ2) is 6.64. The number of carbonyl (C=O) groups excluding carboxylic acids is 2. The van der Waals surface area contributed by atoms with E-state index in [1.54, 1.807) is 17.0 Å². The first kappa shape index (κ1) is 17.5. The monoisotopic (exact) mass is 372 g/mol. The maximum Gasteiger partial charge on any atom is 0.321 e. The van der Waals surface area contributed by atoms with Crippen LogP contribution in [0.15, 0.2) is 42.5 Å². The first-order valence-electron chi connectivity index (χ1n) is 8.78. The third-order valence-electron chi connectivity index (χ3n) is 5.13. The van der Waals surface area contributed by atoms with Gasteiger partial charge in [0, 0.05) is 25.9 Å². The van der Waals surface area contributed by atoms with Gasteiger partial charge in [-0.2, -0.15) is 0 Å². The Labute approximate surface area is 154 Å². The van der Waals surface area contributed by atoms with Gasteiger partial charge in [0.1, 0.15) is 23.0 Å². The van der Waals surface area contributed by atoms with Crippen LogP contribution in [0.1, 0.15) is 29.6 Å². The molecule has 0 atom stereocenters. The molecule has 4 rings (SSSR count). The predicted octanol–water partition coefficient (Wildman–Crippen LogP) is 4.00. The number of amides is 2. The molecule has 0 aliphatic carbocycles. The summed E-state index contributed by atoms with van der Waals surface area (Å²) in [6.45, 7) is 0.758. The quantitative estimate of drug-likeness (QED) is 0.823. The fourth-order valence-corrected chi connectivity index (χ4v) is 3.62. The number of para-hydroxylation sites is 1. The largest absolute Gasteiger partial charge is 0.486 e. The third kappa shape index (κ3) is 3.37. The molecule has 2 aliphatic rings. The number of hydrogen-bond donors (Lipinski definition) is 1. The van der Waals surface area contributed by atoms with Crippen molar-refractivity contribution in [2.75, 3.05) is 18.4 Å². The minimum atomic E-state index is -0.684. The summed E-state index contributed by atoms with van der Waals surface area (Å²) in [4.78, 5) is 26.4. The number of anilines is 1. The summed E-state index contributed by atoms with van der Waals surface area (Å²) >= 11 is 0. The molecule has 2 amide bonds. The van der Waals surface area contributed by atoms with E-state index >= 15 is 0 Å². The van der Waals surface area contributed by atoms with Crippen LogP contribution in [-0.2, 0) is 0 Å². The highest BCUT2D eigenvalue weighted by Gasteiger charge is 2.43. The fraction of sp³-hybridized carbons (Fsp3) is 0.300. The van der Waals surface area contributed by atoms with E-state index in [4.69, 9.17) is 4.74 Å². The van der Waals surface area contributed by atoms with Gasteiger partial charge in [0.2, 0.25) is 0 Å². The van der Waals surface area contributed by atoms with Crippen molar-refractivity contribution in [3.05, 3.63) is 59.7 Å². The van der Waals surface area contributed by atoms with Crippen LogP contribution in [-0.4, -0.2) is 35.4 Å². The van der Waals surface area contributed by atoms with E-state index in [9.17, 15) is 18.4 Å². The van der Waals surface area contributed by atoms with Gasteiger partial charge in [-0.1, -0.05) is 12.1 Å². The number of ether oxygens (including phenoxy) is 1. The number of piperidine rings is 1. The lowest BCUT2D eigenvalue weighted by molar-refractivity contribution is 0.000272. The van der Waals surface area contributed by atoms with Crippen molar-refractivity contribution in [2.45, 2.75) is 24.9 Å². The molecule has 2 heterocycles. The molecule has 0 unspecified atom stereocenters. The van der Waals surface area contributed by atoms with E-state index in [1.165, 1.54) is 30.3 Å². The first-order chi connectivity index (χ1) is 13.0. The smallest absolute Gasteiger partial charge is 0.321 e. The average Bonchev–Trinajstić information content (AvgIpc) is 2.65. The van der Waals surface area contributed by atoms with Crippen molar-refractivity contribution in [2.24, 2.45) is 0 Å². The number of hydrogen-bond acceptors (Lipinski definition) is 3. The lowest BCUT2D eigenvalue weighted by Crippen LogP contribution is -2.53. The van der Waals surface area contributed by atoms with Crippen molar-refractivity contribution >= 4 is 17.5 Å². The summed E-state index contributed by atoms with van der Waals surface area (Å²) in [5.74, 6) is -0.734. The molecule has 2 aromatic rings. The molecule has 1 N–H and O–H groups in total. The molecule has 2 aliphatic heterocycles. The topological polar surface area (TPSA) is 58.6 Å². The molecule has 0 radical (unpaired) electrons. The molecule has 5 nitrogen and oxygen atoms in total. The van der Waals surface area contributed by atoms with Crippen LogP contribution in [0.25, 0.3) is 0 Å². The van der Waals surface area contributed by atoms with Crippen LogP contribution in [0.2, 0.25) is 0 Å². The molecular formula is C20H18F2N2O3. The summed E-state index contributed by atoms with van der Waals surface area (Å²) in [5, 5.41) is 2.56. The zero-order chi connectivity index (χ0) is 19.0. The average molecular weight is 372 g/mol. The number of rotatable bonds is 1. The Kier molecular flexibility index (Phi) is 4.30. The van der Waals surface area contributed by atoms with Gasteiger partial charge < -0.3 is 15.0 Å². The number of nitrogens with zero attached hydrogens (tertiary/aromatic N) is 1. The Bertz CT molecular complexity index is 908. The number of nitrogens with one attached hydrogen (secondary N) is 1. The van der Waals surface area contributed by atoms with Crippen LogP contribution in [0.4, 0.5) is 19.3 Å². The van der Waals surface area contributed by atoms with Crippen LogP contribution >= 0.6 is 0 Å². The number of ketones is 1. The molecule has 0 bridgehead atoms. The summed E-state index contributed by atoms with van der Waals surface area (Å²) < 4.78 is 33.1.